The predicted octanol–water partition coefficient (Wildman–Crippen LogP) is 15.0. The van der Waals surface area contributed by atoms with Crippen molar-refractivity contribution in [2.45, 2.75) is 0 Å². The van der Waals surface area contributed by atoms with E-state index in [1.54, 1.807) is 0 Å². The first-order valence-corrected chi connectivity index (χ1v) is 18.7. The minimum atomic E-state index is 0.821. The maximum Gasteiger partial charge on any atom is 0.161 e. The molecular weight excluding hydrogens is 669 g/mol. The summed E-state index contributed by atoms with van der Waals surface area (Å²) in [5.74, 6) is 0. The fraction of sp³-hybridized carbons (Fsp3) is 0. The number of anilines is 6. The van der Waals surface area contributed by atoms with Crippen LogP contribution in [-0.2, 0) is 0 Å². The molecule has 0 aliphatic carbocycles. The van der Waals surface area contributed by atoms with E-state index in [0.29, 0.717) is 0 Å². The third-order valence-electron chi connectivity index (χ3n) is 10.4. The summed E-state index contributed by atoms with van der Waals surface area (Å²) in [7, 11) is 0. The van der Waals surface area contributed by atoms with Crippen LogP contribution in [-0.4, -0.2) is 0 Å². The van der Waals surface area contributed by atoms with Gasteiger partial charge in [-0.25, -0.2) is 0 Å². The predicted molar refractivity (Wildman–Crippen MR) is 231 cm³/mol. The first-order chi connectivity index (χ1) is 27.3. The molecule has 3 nitrogen and oxygen atoms in total. The Balaban J connectivity index is 1.23. The lowest BCUT2D eigenvalue weighted by Crippen LogP contribution is -2.13. The summed E-state index contributed by atoms with van der Waals surface area (Å²) in [4.78, 5) is 4.67. The van der Waals surface area contributed by atoms with Gasteiger partial charge in [0.25, 0.3) is 0 Å². The van der Waals surface area contributed by atoms with E-state index in [9.17, 15) is 0 Å². The standard InChI is InChI=1S/C52H36N2O/c1-5-15-37(16-6-1)39-25-30-44(31-26-39)53(42-20-9-3-10-21-42)47-34-35-48(52-51(47)50-46-24-14-13-19-41(46)29-36-49(50)55-52)54(43-22-11-4-12-23-43)45-32-27-40(28-33-45)38-17-7-2-8-18-38/h1-36H. The van der Waals surface area contributed by atoms with Crippen LogP contribution in [0.5, 0.6) is 0 Å². The Labute approximate surface area is 320 Å². The zero-order chi connectivity index (χ0) is 36.6. The molecule has 260 valence electrons. The molecule has 0 spiro atoms. The smallest absolute Gasteiger partial charge is 0.161 e. The van der Waals surface area contributed by atoms with Crippen molar-refractivity contribution >= 4 is 66.8 Å². The summed E-state index contributed by atoms with van der Waals surface area (Å²) in [6.07, 6.45) is 0. The molecule has 9 aromatic carbocycles. The van der Waals surface area contributed by atoms with Crippen LogP contribution in [0.15, 0.2) is 223 Å². The van der Waals surface area contributed by atoms with Gasteiger partial charge in [-0.15, -0.1) is 0 Å². The van der Waals surface area contributed by atoms with Crippen molar-refractivity contribution in [2.75, 3.05) is 9.80 Å². The van der Waals surface area contributed by atoms with Crippen molar-refractivity contribution in [1.82, 2.24) is 0 Å². The normalized spacial score (nSPS) is 11.3. The van der Waals surface area contributed by atoms with Crippen LogP contribution in [0.25, 0.3) is 55.0 Å². The molecule has 0 fully saturated rings. The van der Waals surface area contributed by atoms with Gasteiger partial charge in [0.2, 0.25) is 0 Å². The molecule has 0 atom stereocenters. The molecule has 55 heavy (non-hydrogen) atoms. The Morgan fingerprint density at radius 3 is 1.25 bits per heavy atom. The number of benzene rings is 9. The van der Waals surface area contributed by atoms with E-state index in [2.05, 4.69) is 228 Å². The number of fused-ring (bicyclic) bond motifs is 5. The van der Waals surface area contributed by atoms with E-state index in [1.165, 1.54) is 27.6 Å². The molecule has 0 aliphatic heterocycles. The molecule has 0 N–H and O–H groups in total. The van der Waals surface area contributed by atoms with Crippen LogP contribution in [0.3, 0.4) is 0 Å². The van der Waals surface area contributed by atoms with Crippen LogP contribution < -0.4 is 9.80 Å². The Bertz CT molecular complexity index is 2890. The van der Waals surface area contributed by atoms with E-state index in [4.69, 9.17) is 4.42 Å². The van der Waals surface area contributed by atoms with Gasteiger partial charge >= 0.3 is 0 Å². The van der Waals surface area contributed by atoms with Crippen molar-refractivity contribution in [3.8, 4) is 22.3 Å². The van der Waals surface area contributed by atoms with E-state index in [-0.39, 0.29) is 0 Å². The summed E-state index contributed by atoms with van der Waals surface area (Å²) in [6.45, 7) is 0. The number of furan rings is 1. The number of hydrogen-bond donors (Lipinski definition) is 0. The first-order valence-electron chi connectivity index (χ1n) is 18.7. The minimum Gasteiger partial charge on any atom is -0.454 e. The molecule has 1 aromatic heterocycles. The highest BCUT2D eigenvalue weighted by Gasteiger charge is 2.26. The van der Waals surface area contributed by atoms with Gasteiger partial charge in [-0.1, -0.05) is 152 Å². The van der Waals surface area contributed by atoms with Crippen molar-refractivity contribution in [2.24, 2.45) is 0 Å². The summed E-state index contributed by atoms with van der Waals surface area (Å²) in [6, 6.07) is 77.3. The Morgan fingerprint density at radius 2 is 0.709 bits per heavy atom. The van der Waals surface area contributed by atoms with Crippen LogP contribution >= 0.6 is 0 Å². The van der Waals surface area contributed by atoms with Gasteiger partial charge in [-0.05, 0) is 99.8 Å². The summed E-state index contributed by atoms with van der Waals surface area (Å²) in [5.41, 5.74) is 12.6. The van der Waals surface area contributed by atoms with Gasteiger partial charge in [0.05, 0.1) is 16.8 Å². The van der Waals surface area contributed by atoms with E-state index < -0.39 is 0 Å². The monoisotopic (exact) mass is 704 g/mol. The van der Waals surface area contributed by atoms with Gasteiger partial charge in [0.1, 0.15) is 5.58 Å². The SMILES string of the molecule is c1ccc(-c2ccc(N(c3ccccc3)c3ccc(N(c4ccccc4)c4ccc(-c5ccccc5)cc4)c4c3oc3ccc5ccccc5c34)cc2)cc1. The number of nitrogens with zero attached hydrogens (tertiary/aromatic N) is 2. The number of para-hydroxylation sites is 2. The molecule has 0 saturated heterocycles. The third-order valence-corrected chi connectivity index (χ3v) is 10.4. The molecule has 0 unspecified atom stereocenters. The molecule has 0 saturated carbocycles. The molecule has 0 bridgehead atoms. The molecule has 10 rings (SSSR count). The molecule has 10 aromatic rings. The molecule has 3 heteroatoms. The highest BCUT2D eigenvalue weighted by molar-refractivity contribution is 6.25. The Kier molecular flexibility index (Phi) is 8.16. The first kappa shape index (κ1) is 32.3. The van der Waals surface area contributed by atoms with E-state index in [1.807, 2.05) is 0 Å². The van der Waals surface area contributed by atoms with Gasteiger partial charge in [0, 0.05) is 28.1 Å². The van der Waals surface area contributed by atoms with Crippen molar-refractivity contribution in [1.29, 1.82) is 0 Å². The van der Waals surface area contributed by atoms with Gasteiger partial charge in [0.15, 0.2) is 5.58 Å². The van der Waals surface area contributed by atoms with Gasteiger partial charge in [-0.2, -0.15) is 0 Å². The van der Waals surface area contributed by atoms with E-state index >= 15 is 0 Å². The highest BCUT2D eigenvalue weighted by Crippen LogP contribution is 2.50. The quantitative estimate of drug-likeness (QED) is 0.157. The minimum absolute atomic E-state index is 0.821. The van der Waals surface area contributed by atoms with Crippen LogP contribution in [0.4, 0.5) is 34.1 Å². The average Bonchev–Trinajstić information content (AvgIpc) is 3.67. The van der Waals surface area contributed by atoms with Crippen LogP contribution in [0, 0.1) is 0 Å². The third kappa shape index (κ3) is 5.89. The average molecular weight is 705 g/mol. The van der Waals surface area contributed by atoms with Crippen molar-refractivity contribution in [3.05, 3.63) is 218 Å². The second-order valence-corrected chi connectivity index (χ2v) is 13.7. The second kappa shape index (κ2) is 13.9. The number of rotatable bonds is 8. The lowest BCUT2D eigenvalue weighted by molar-refractivity contribution is 0.669. The summed E-state index contributed by atoms with van der Waals surface area (Å²) < 4.78 is 7.08. The summed E-state index contributed by atoms with van der Waals surface area (Å²) in [5, 5.41) is 4.48. The molecule has 0 radical (unpaired) electrons. The van der Waals surface area contributed by atoms with Crippen LogP contribution in [0.2, 0.25) is 0 Å². The number of hydrogen-bond acceptors (Lipinski definition) is 3. The highest BCUT2D eigenvalue weighted by atomic mass is 16.3. The molecule has 0 aliphatic rings. The zero-order valence-electron chi connectivity index (χ0n) is 30.1. The van der Waals surface area contributed by atoms with E-state index in [0.717, 1.165) is 61.4 Å². The fourth-order valence-corrected chi connectivity index (χ4v) is 7.85. The maximum absolute atomic E-state index is 7.08. The Morgan fingerprint density at radius 1 is 0.291 bits per heavy atom. The van der Waals surface area contributed by atoms with Gasteiger partial charge < -0.3 is 14.2 Å². The lowest BCUT2D eigenvalue weighted by Gasteiger charge is -2.29. The topological polar surface area (TPSA) is 19.6 Å². The molecule has 1 heterocycles. The van der Waals surface area contributed by atoms with Crippen LogP contribution in [0.1, 0.15) is 0 Å². The molecule has 0 amide bonds. The van der Waals surface area contributed by atoms with Gasteiger partial charge in [-0.3, -0.25) is 0 Å². The molecular formula is C52H36N2O. The Hall–Kier alpha value is -7.36. The van der Waals surface area contributed by atoms with Crippen molar-refractivity contribution < 1.29 is 4.42 Å². The summed E-state index contributed by atoms with van der Waals surface area (Å²) >= 11 is 0. The fourth-order valence-electron chi connectivity index (χ4n) is 7.85. The maximum atomic E-state index is 7.08. The zero-order valence-corrected chi connectivity index (χ0v) is 30.1. The second-order valence-electron chi connectivity index (χ2n) is 13.7. The van der Waals surface area contributed by atoms with Crippen molar-refractivity contribution in [3.63, 3.8) is 0 Å². The lowest BCUT2D eigenvalue weighted by atomic mass is 10.0. The largest absolute Gasteiger partial charge is 0.454 e.